The fourth-order valence-electron chi connectivity index (χ4n) is 1.37. The molecule has 2 aromatic rings. The molecule has 2 N–H and O–H groups in total. The number of aromatic nitrogens is 2. The molecule has 0 saturated heterocycles. The summed E-state index contributed by atoms with van der Waals surface area (Å²) in [4.78, 5) is 10.7. The number of hydrogen-bond acceptors (Lipinski definition) is 4. The van der Waals surface area contributed by atoms with E-state index in [4.69, 9.17) is 5.73 Å². The Kier molecular flexibility index (Phi) is 2.79. The molecule has 3 nitrogen and oxygen atoms in total. The lowest BCUT2D eigenvalue weighted by atomic mass is 10.1. The Balaban J connectivity index is 2.32. The van der Waals surface area contributed by atoms with E-state index < -0.39 is 0 Å². The van der Waals surface area contributed by atoms with Gasteiger partial charge >= 0.3 is 0 Å². The molecular weight excluding hydrogens is 206 g/mol. The van der Waals surface area contributed by atoms with Gasteiger partial charge in [-0.05, 0) is 25.5 Å². The van der Waals surface area contributed by atoms with Crippen molar-refractivity contribution < 1.29 is 0 Å². The number of nitrogens with zero attached hydrogens (tertiary/aromatic N) is 2. The third-order valence-corrected chi connectivity index (χ3v) is 3.63. The molecule has 1 atom stereocenters. The summed E-state index contributed by atoms with van der Waals surface area (Å²) in [6.07, 6.45) is 5.04. The van der Waals surface area contributed by atoms with Gasteiger partial charge in [-0.15, -0.1) is 11.3 Å². The molecule has 0 aliphatic carbocycles. The Labute approximate surface area is 93.0 Å². The summed E-state index contributed by atoms with van der Waals surface area (Å²) in [6, 6.07) is 1.97. The highest BCUT2D eigenvalue weighted by Gasteiger charge is 2.13. The summed E-state index contributed by atoms with van der Waals surface area (Å²) >= 11 is 1.72. The van der Waals surface area contributed by atoms with E-state index in [9.17, 15) is 0 Å². The maximum Gasteiger partial charge on any atom is 0.0835 e. The minimum Gasteiger partial charge on any atom is -0.318 e. The lowest BCUT2D eigenvalue weighted by molar-refractivity contribution is 0.834. The third kappa shape index (κ3) is 2.06. The summed E-state index contributed by atoms with van der Waals surface area (Å²) < 4.78 is 0. The molecule has 0 aliphatic rings. The molecule has 0 fully saturated rings. The zero-order chi connectivity index (χ0) is 10.8. The van der Waals surface area contributed by atoms with E-state index in [2.05, 4.69) is 29.9 Å². The monoisotopic (exact) mass is 219 g/mol. The molecule has 0 bridgehead atoms. The van der Waals surface area contributed by atoms with E-state index in [0.29, 0.717) is 0 Å². The van der Waals surface area contributed by atoms with Crippen LogP contribution in [0.15, 0.2) is 24.7 Å². The van der Waals surface area contributed by atoms with Gasteiger partial charge in [-0.1, -0.05) is 0 Å². The first kappa shape index (κ1) is 10.3. The lowest BCUT2D eigenvalue weighted by Crippen LogP contribution is -2.12. The molecule has 2 heterocycles. The standard InChI is InChI=1S/C11H13N3S/c1-7-5-10(15-8(7)2)11(12)9-6-13-3-4-14-9/h3-6,11H,12H2,1-2H3. The van der Waals surface area contributed by atoms with Crippen LogP contribution in [0.25, 0.3) is 0 Å². The van der Waals surface area contributed by atoms with E-state index in [0.717, 1.165) is 10.6 Å². The van der Waals surface area contributed by atoms with Crippen molar-refractivity contribution in [2.24, 2.45) is 5.73 Å². The van der Waals surface area contributed by atoms with E-state index >= 15 is 0 Å². The van der Waals surface area contributed by atoms with Gasteiger partial charge in [-0.2, -0.15) is 0 Å². The second-order valence-electron chi connectivity index (χ2n) is 3.50. The fraction of sp³-hybridized carbons (Fsp3) is 0.273. The normalized spacial score (nSPS) is 12.7. The van der Waals surface area contributed by atoms with E-state index in [1.165, 1.54) is 10.4 Å². The van der Waals surface area contributed by atoms with Crippen LogP contribution in [-0.2, 0) is 0 Å². The molecule has 15 heavy (non-hydrogen) atoms. The molecule has 0 aromatic carbocycles. The van der Waals surface area contributed by atoms with Crippen molar-refractivity contribution in [3.05, 3.63) is 45.7 Å². The van der Waals surface area contributed by atoms with Crippen molar-refractivity contribution in [1.82, 2.24) is 9.97 Å². The molecule has 2 aromatic heterocycles. The van der Waals surface area contributed by atoms with E-state index in [1.807, 2.05) is 0 Å². The maximum absolute atomic E-state index is 6.11. The van der Waals surface area contributed by atoms with Gasteiger partial charge < -0.3 is 5.73 Å². The Hall–Kier alpha value is -1.26. The van der Waals surface area contributed by atoms with Crippen LogP contribution in [0, 0.1) is 13.8 Å². The molecule has 0 aliphatic heterocycles. The van der Waals surface area contributed by atoms with Gasteiger partial charge in [0.2, 0.25) is 0 Å². The van der Waals surface area contributed by atoms with Gasteiger partial charge in [0, 0.05) is 22.1 Å². The van der Waals surface area contributed by atoms with Crippen molar-refractivity contribution >= 4 is 11.3 Å². The predicted octanol–water partition coefficient (Wildman–Crippen LogP) is 2.20. The van der Waals surface area contributed by atoms with E-state index in [-0.39, 0.29) is 6.04 Å². The van der Waals surface area contributed by atoms with Gasteiger partial charge in [0.1, 0.15) is 0 Å². The zero-order valence-electron chi connectivity index (χ0n) is 8.77. The molecule has 0 spiro atoms. The largest absolute Gasteiger partial charge is 0.318 e. The first-order valence-corrected chi connectivity index (χ1v) is 5.58. The van der Waals surface area contributed by atoms with Crippen molar-refractivity contribution in [1.29, 1.82) is 0 Å². The highest BCUT2D eigenvalue weighted by atomic mass is 32.1. The molecule has 0 saturated carbocycles. The van der Waals surface area contributed by atoms with Gasteiger partial charge in [0.05, 0.1) is 17.9 Å². The maximum atomic E-state index is 6.11. The molecule has 0 radical (unpaired) electrons. The van der Waals surface area contributed by atoms with Crippen LogP contribution in [0.1, 0.15) is 27.1 Å². The summed E-state index contributed by atoms with van der Waals surface area (Å²) in [5, 5.41) is 0. The highest BCUT2D eigenvalue weighted by molar-refractivity contribution is 7.12. The van der Waals surface area contributed by atoms with Crippen LogP contribution >= 0.6 is 11.3 Å². The Morgan fingerprint density at radius 1 is 1.33 bits per heavy atom. The minimum absolute atomic E-state index is 0.156. The molecule has 2 rings (SSSR count). The SMILES string of the molecule is Cc1cc(C(N)c2cnccn2)sc1C. The zero-order valence-corrected chi connectivity index (χ0v) is 9.58. The molecular formula is C11H13N3S. The number of hydrogen-bond donors (Lipinski definition) is 1. The first-order valence-electron chi connectivity index (χ1n) is 4.77. The molecule has 78 valence electrons. The third-order valence-electron chi connectivity index (χ3n) is 2.39. The number of nitrogens with two attached hydrogens (primary N) is 1. The molecule has 4 heteroatoms. The number of aryl methyl sites for hydroxylation is 2. The van der Waals surface area contributed by atoms with Gasteiger partial charge in [0.15, 0.2) is 0 Å². The highest BCUT2D eigenvalue weighted by Crippen LogP contribution is 2.27. The minimum atomic E-state index is -0.156. The van der Waals surface area contributed by atoms with Crippen LogP contribution in [-0.4, -0.2) is 9.97 Å². The van der Waals surface area contributed by atoms with Crippen molar-refractivity contribution in [3.63, 3.8) is 0 Å². The van der Waals surface area contributed by atoms with Crippen LogP contribution in [0.4, 0.5) is 0 Å². The van der Waals surface area contributed by atoms with Crippen LogP contribution in [0.2, 0.25) is 0 Å². The first-order chi connectivity index (χ1) is 7.18. The van der Waals surface area contributed by atoms with Gasteiger partial charge in [-0.25, -0.2) is 0 Å². The average molecular weight is 219 g/mol. The predicted molar refractivity (Wildman–Crippen MR) is 61.9 cm³/mol. The second kappa shape index (κ2) is 4.08. The Morgan fingerprint density at radius 3 is 2.67 bits per heavy atom. The smallest absolute Gasteiger partial charge is 0.0835 e. The van der Waals surface area contributed by atoms with Gasteiger partial charge in [-0.3, -0.25) is 9.97 Å². The van der Waals surface area contributed by atoms with Crippen LogP contribution in [0.3, 0.4) is 0 Å². The topological polar surface area (TPSA) is 51.8 Å². The van der Waals surface area contributed by atoms with Gasteiger partial charge in [0.25, 0.3) is 0 Å². The number of thiophene rings is 1. The fourth-order valence-corrected chi connectivity index (χ4v) is 2.43. The second-order valence-corrected chi connectivity index (χ2v) is 4.78. The van der Waals surface area contributed by atoms with Crippen molar-refractivity contribution in [2.75, 3.05) is 0 Å². The summed E-state index contributed by atoms with van der Waals surface area (Å²) in [6.45, 7) is 4.20. The molecule has 1 unspecified atom stereocenters. The van der Waals surface area contributed by atoms with Crippen LogP contribution < -0.4 is 5.73 Å². The summed E-state index contributed by atoms with van der Waals surface area (Å²) in [5.74, 6) is 0. The van der Waals surface area contributed by atoms with E-state index in [1.54, 1.807) is 29.9 Å². The summed E-state index contributed by atoms with van der Waals surface area (Å²) in [7, 11) is 0. The quantitative estimate of drug-likeness (QED) is 0.842. The molecule has 0 amide bonds. The van der Waals surface area contributed by atoms with Crippen molar-refractivity contribution in [2.45, 2.75) is 19.9 Å². The number of rotatable bonds is 2. The van der Waals surface area contributed by atoms with Crippen LogP contribution in [0.5, 0.6) is 0 Å². The Bertz CT molecular complexity index is 431. The Morgan fingerprint density at radius 2 is 2.13 bits per heavy atom. The lowest BCUT2D eigenvalue weighted by Gasteiger charge is -2.07. The summed E-state index contributed by atoms with van der Waals surface area (Å²) in [5.41, 5.74) is 8.21. The van der Waals surface area contributed by atoms with Crippen molar-refractivity contribution in [3.8, 4) is 0 Å². The average Bonchev–Trinajstić information content (AvgIpc) is 2.59.